The van der Waals surface area contributed by atoms with E-state index in [1.165, 1.54) is 0 Å². The minimum absolute atomic E-state index is 0.0607. The highest BCUT2D eigenvalue weighted by atomic mass is 16.7. The van der Waals surface area contributed by atoms with Crippen LogP contribution in [0.15, 0.2) is 24.3 Å². The van der Waals surface area contributed by atoms with Gasteiger partial charge in [-0.1, -0.05) is 12.1 Å². The standard InChI is InChI=1S/C15H20N2O3/c18-14(10-13-2-1-7-16-13)17-12-5-3-11(4-6-12)15-19-8-9-20-15/h3-6,13,15-16H,1-2,7-10H2,(H,17,18). The summed E-state index contributed by atoms with van der Waals surface area (Å²) in [5.74, 6) is 0.0607. The molecule has 0 aliphatic carbocycles. The number of ether oxygens (including phenoxy) is 2. The maximum atomic E-state index is 11.9. The van der Waals surface area contributed by atoms with E-state index in [0.717, 1.165) is 30.6 Å². The molecular weight excluding hydrogens is 256 g/mol. The first-order valence-electron chi connectivity index (χ1n) is 7.18. The summed E-state index contributed by atoms with van der Waals surface area (Å²) < 4.78 is 10.9. The summed E-state index contributed by atoms with van der Waals surface area (Å²) in [5, 5.41) is 6.25. The van der Waals surface area contributed by atoms with E-state index in [1.54, 1.807) is 0 Å². The number of anilines is 1. The lowest BCUT2D eigenvalue weighted by molar-refractivity contribution is -0.116. The summed E-state index contributed by atoms with van der Waals surface area (Å²) in [6.45, 7) is 2.29. The molecule has 0 spiro atoms. The van der Waals surface area contributed by atoms with Gasteiger partial charge in [-0.3, -0.25) is 4.79 Å². The number of benzene rings is 1. The Morgan fingerprint density at radius 3 is 2.65 bits per heavy atom. The van der Waals surface area contributed by atoms with Gasteiger partial charge in [-0.15, -0.1) is 0 Å². The van der Waals surface area contributed by atoms with Crippen LogP contribution in [0.4, 0.5) is 5.69 Å². The maximum Gasteiger partial charge on any atom is 0.225 e. The molecule has 2 aliphatic heterocycles. The van der Waals surface area contributed by atoms with Crippen molar-refractivity contribution < 1.29 is 14.3 Å². The molecule has 108 valence electrons. The van der Waals surface area contributed by atoms with E-state index in [-0.39, 0.29) is 12.2 Å². The lowest BCUT2D eigenvalue weighted by Crippen LogP contribution is -2.27. The van der Waals surface area contributed by atoms with E-state index in [1.807, 2.05) is 24.3 Å². The lowest BCUT2D eigenvalue weighted by atomic mass is 10.1. The number of hydrogen-bond acceptors (Lipinski definition) is 4. The van der Waals surface area contributed by atoms with Gasteiger partial charge in [0.15, 0.2) is 6.29 Å². The zero-order valence-corrected chi connectivity index (χ0v) is 11.4. The highest BCUT2D eigenvalue weighted by Crippen LogP contribution is 2.24. The van der Waals surface area contributed by atoms with Gasteiger partial charge in [-0.2, -0.15) is 0 Å². The number of carbonyl (C=O) groups excluding carboxylic acids is 1. The number of carbonyl (C=O) groups is 1. The summed E-state index contributed by atoms with van der Waals surface area (Å²) in [6, 6.07) is 7.97. The van der Waals surface area contributed by atoms with Crippen molar-refractivity contribution in [2.75, 3.05) is 25.1 Å². The zero-order valence-electron chi connectivity index (χ0n) is 11.4. The Bertz CT molecular complexity index is 449. The van der Waals surface area contributed by atoms with Crippen LogP contribution in [-0.4, -0.2) is 31.7 Å². The van der Waals surface area contributed by atoms with Crippen molar-refractivity contribution in [3.8, 4) is 0 Å². The minimum Gasteiger partial charge on any atom is -0.346 e. The summed E-state index contributed by atoms with van der Waals surface area (Å²) >= 11 is 0. The van der Waals surface area contributed by atoms with Crippen LogP contribution in [0.3, 0.4) is 0 Å². The minimum atomic E-state index is -0.262. The number of nitrogens with one attached hydrogen (secondary N) is 2. The first-order chi connectivity index (χ1) is 9.81. The van der Waals surface area contributed by atoms with Gasteiger partial charge in [0.25, 0.3) is 0 Å². The maximum absolute atomic E-state index is 11.9. The van der Waals surface area contributed by atoms with E-state index in [9.17, 15) is 4.79 Å². The van der Waals surface area contributed by atoms with Gasteiger partial charge in [0.2, 0.25) is 5.91 Å². The topological polar surface area (TPSA) is 59.6 Å². The number of rotatable bonds is 4. The normalized spacial score (nSPS) is 23.1. The van der Waals surface area contributed by atoms with Crippen LogP contribution in [0.25, 0.3) is 0 Å². The average Bonchev–Trinajstić information content (AvgIpc) is 3.12. The molecule has 20 heavy (non-hydrogen) atoms. The van der Waals surface area contributed by atoms with Crippen LogP contribution >= 0.6 is 0 Å². The van der Waals surface area contributed by atoms with Crippen LogP contribution < -0.4 is 10.6 Å². The molecule has 1 aromatic carbocycles. The molecule has 1 atom stereocenters. The Labute approximate surface area is 118 Å². The second-order valence-corrected chi connectivity index (χ2v) is 5.24. The first kappa shape index (κ1) is 13.5. The highest BCUT2D eigenvalue weighted by Gasteiger charge is 2.19. The van der Waals surface area contributed by atoms with Crippen LogP contribution in [0.5, 0.6) is 0 Å². The van der Waals surface area contributed by atoms with Crippen LogP contribution in [-0.2, 0) is 14.3 Å². The predicted molar refractivity (Wildman–Crippen MR) is 75.4 cm³/mol. The smallest absolute Gasteiger partial charge is 0.225 e. The van der Waals surface area contributed by atoms with Crippen molar-refractivity contribution in [1.82, 2.24) is 5.32 Å². The Kier molecular flexibility index (Phi) is 4.30. The second-order valence-electron chi connectivity index (χ2n) is 5.24. The molecule has 5 heteroatoms. The third kappa shape index (κ3) is 3.36. The Morgan fingerprint density at radius 1 is 1.25 bits per heavy atom. The molecule has 1 aromatic rings. The molecule has 1 unspecified atom stereocenters. The molecule has 1 amide bonds. The van der Waals surface area contributed by atoms with E-state index in [2.05, 4.69) is 10.6 Å². The molecule has 0 radical (unpaired) electrons. The molecule has 2 saturated heterocycles. The second kappa shape index (κ2) is 6.35. The molecule has 0 bridgehead atoms. The Morgan fingerprint density at radius 2 is 2.00 bits per heavy atom. The molecule has 3 rings (SSSR count). The molecule has 0 saturated carbocycles. The molecule has 2 aliphatic rings. The fourth-order valence-electron chi connectivity index (χ4n) is 2.64. The lowest BCUT2D eigenvalue weighted by Gasteiger charge is -2.12. The van der Waals surface area contributed by atoms with Gasteiger partial charge < -0.3 is 20.1 Å². The van der Waals surface area contributed by atoms with Crippen molar-refractivity contribution in [2.45, 2.75) is 31.6 Å². The highest BCUT2D eigenvalue weighted by molar-refractivity contribution is 5.91. The van der Waals surface area contributed by atoms with E-state index >= 15 is 0 Å². The quantitative estimate of drug-likeness (QED) is 0.880. The summed E-state index contributed by atoms with van der Waals surface area (Å²) in [7, 11) is 0. The van der Waals surface area contributed by atoms with E-state index in [0.29, 0.717) is 25.7 Å². The molecule has 0 aromatic heterocycles. The zero-order chi connectivity index (χ0) is 13.8. The van der Waals surface area contributed by atoms with E-state index < -0.39 is 0 Å². The fraction of sp³-hybridized carbons (Fsp3) is 0.533. The van der Waals surface area contributed by atoms with Gasteiger partial charge in [0.1, 0.15) is 0 Å². The monoisotopic (exact) mass is 276 g/mol. The Balaban J connectivity index is 1.53. The van der Waals surface area contributed by atoms with Crippen molar-refractivity contribution in [1.29, 1.82) is 0 Å². The number of hydrogen-bond donors (Lipinski definition) is 2. The first-order valence-corrected chi connectivity index (χ1v) is 7.18. The van der Waals surface area contributed by atoms with Gasteiger partial charge in [0, 0.05) is 23.7 Å². The Hall–Kier alpha value is -1.43. The average molecular weight is 276 g/mol. The molecule has 5 nitrogen and oxygen atoms in total. The van der Waals surface area contributed by atoms with Gasteiger partial charge in [-0.05, 0) is 31.5 Å². The molecule has 2 N–H and O–H groups in total. The third-order valence-electron chi connectivity index (χ3n) is 3.68. The molecule has 2 heterocycles. The largest absolute Gasteiger partial charge is 0.346 e. The van der Waals surface area contributed by atoms with Crippen LogP contribution in [0.1, 0.15) is 31.1 Å². The van der Waals surface area contributed by atoms with Crippen molar-refractivity contribution in [2.24, 2.45) is 0 Å². The van der Waals surface area contributed by atoms with Crippen molar-refractivity contribution >= 4 is 11.6 Å². The molecule has 2 fully saturated rings. The number of amides is 1. The summed E-state index contributed by atoms with van der Waals surface area (Å²) in [4.78, 5) is 11.9. The molecular formula is C15H20N2O3. The summed E-state index contributed by atoms with van der Waals surface area (Å²) in [6.07, 6.45) is 2.52. The van der Waals surface area contributed by atoms with Gasteiger partial charge >= 0.3 is 0 Å². The fourth-order valence-corrected chi connectivity index (χ4v) is 2.64. The van der Waals surface area contributed by atoms with Gasteiger partial charge in [-0.25, -0.2) is 0 Å². The van der Waals surface area contributed by atoms with Crippen LogP contribution in [0, 0.1) is 0 Å². The van der Waals surface area contributed by atoms with Crippen molar-refractivity contribution in [3.63, 3.8) is 0 Å². The van der Waals surface area contributed by atoms with Crippen LogP contribution in [0.2, 0.25) is 0 Å². The predicted octanol–water partition coefficient (Wildman–Crippen LogP) is 1.81. The SMILES string of the molecule is O=C(CC1CCCN1)Nc1ccc(C2OCCO2)cc1. The van der Waals surface area contributed by atoms with Crippen molar-refractivity contribution in [3.05, 3.63) is 29.8 Å². The van der Waals surface area contributed by atoms with E-state index in [4.69, 9.17) is 9.47 Å². The third-order valence-corrected chi connectivity index (χ3v) is 3.68. The summed E-state index contributed by atoms with van der Waals surface area (Å²) in [5.41, 5.74) is 1.80. The van der Waals surface area contributed by atoms with Gasteiger partial charge in [0.05, 0.1) is 13.2 Å².